The minimum absolute atomic E-state index is 0.0104. The number of carbonyl (C=O) groups is 1. The molecule has 1 aliphatic heterocycles. The second-order valence-corrected chi connectivity index (χ2v) is 7.19. The molecule has 2 aromatic heterocycles. The molecule has 27 heavy (non-hydrogen) atoms. The van der Waals surface area contributed by atoms with Gasteiger partial charge in [0.05, 0.1) is 19.8 Å². The third-order valence-electron chi connectivity index (χ3n) is 5.31. The van der Waals surface area contributed by atoms with Crippen LogP contribution >= 0.6 is 0 Å². The summed E-state index contributed by atoms with van der Waals surface area (Å²) in [5.74, 6) is 0.433. The van der Waals surface area contributed by atoms with Crippen molar-refractivity contribution in [1.29, 1.82) is 0 Å². The van der Waals surface area contributed by atoms with Crippen molar-refractivity contribution in [1.82, 2.24) is 14.9 Å². The highest BCUT2D eigenvalue weighted by molar-refractivity contribution is 5.96. The number of carbonyl (C=O) groups excluding carboxylic acids is 1. The van der Waals surface area contributed by atoms with Crippen molar-refractivity contribution in [3.8, 4) is 5.88 Å². The van der Waals surface area contributed by atoms with Gasteiger partial charge in [-0.15, -0.1) is 0 Å². The Kier molecular flexibility index (Phi) is 5.34. The van der Waals surface area contributed by atoms with Crippen molar-refractivity contribution < 1.29 is 14.3 Å². The predicted molar refractivity (Wildman–Crippen MR) is 101 cm³/mol. The minimum atomic E-state index is -0.0104. The lowest BCUT2D eigenvalue weighted by atomic mass is 10.1. The van der Waals surface area contributed by atoms with E-state index in [1.54, 1.807) is 13.3 Å². The highest BCUT2D eigenvalue weighted by Crippen LogP contribution is 2.28. The van der Waals surface area contributed by atoms with Crippen molar-refractivity contribution in [2.24, 2.45) is 0 Å². The molecule has 1 fully saturated rings. The zero-order valence-corrected chi connectivity index (χ0v) is 15.7. The quantitative estimate of drug-likeness (QED) is 0.813. The molecule has 2 aromatic rings. The van der Waals surface area contributed by atoms with Crippen molar-refractivity contribution in [3.63, 3.8) is 0 Å². The van der Waals surface area contributed by atoms with Crippen LogP contribution in [0.3, 0.4) is 0 Å². The first-order valence-electron chi connectivity index (χ1n) is 9.61. The summed E-state index contributed by atoms with van der Waals surface area (Å²) in [6, 6.07) is 5.89. The van der Waals surface area contributed by atoms with Crippen molar-refractivity contribution >= 4 is 5.91 Å². The van der Waals surface area contributed by atoms with Crippen molar-refractivity contribution in [2.75, 3.05) is 20.2 Å². The van der Waals surface area contributed by atoms with Crippen LogP contribution < -0.4 is 4.74 Å². The fourth-order valence-corrected chi connectivity index (χ4v) is 3.89. The van der Waals surface area contributed by atoms with E-state index in [1.165, 1.54) is 5.56 Å². The number of fused-ring (bicyclic) bond motifs is 1. The van der Waals surface area contributed by atoms with E-state index >= 15 is 0 Å². The number of amides is 1. The third-order valence-corrected chi connectivity index (χ3v) is 5.31. The van der Waals surface area contributed by atoms with E-state index in [9.17, 15) is 4.79 Å². The van der Waals surface area contributed by atoms with Gasteiger partial charge in [-0.05, 0) is 55.4 Å². The van der Waals surface area contributed by atoms with E-state index in [2.05, 4.69) is 9.97 Å². The molecule has 0 aromatic carbocycles. The van der Waals surface area contributed by atoms with Gasteiger partial charge in [0.15, 0.2) is 0 Å². The third kappa shape index (κ3) is 3.95. The molecule has 6 nitrogen and oxygen atoms in total. The molecular weight excluding hydrogens is 342 g/mol. The molecule has 3 heterocycles. The molecule has 0 spiro atoms. The molecule has 142 valence electrons. The summed E-state index contributed by atoms with van der Waals surface area (Å²) in [6.07, 6.45) is 8.55. The first-order valence-corrected chi connectivity index (χ1v) is 9.61. The molecule has 1 saturated heterocycles. The summed E-state index contributed by atoms with van der Waals surface area (Å²) in [4.78, 5) is 23.7. The largest absolute Gasteiger partial charge is 0.480 e. The summed E-state index contributed by atoms with van der Waals surface area (Å²) in [7, 11) is 1.58. The Labute approximate surface area is 159 Å². The van der Waals surface area contributed by atoms with Gasteiger partial charge in [0, 0.05) is 31.2 Å². The van der Waals surface area contributed by atoms with Crippen LogP contribution in [-0.2, 0) is 24.2 Å². The standard InChI is InChI=1S/C21H25N3O3/c1-26-20-18(11-16-6-2-8-19(16)23-20)21(25)24-10-4-7-17(13-24)27-14-15-5-3-9-22-12-15/h3,5,9,11-12,17H,2,4,6-8,10,13-14H2,1H3/t17-/m0/s1. The number of nitrogens with zero attached hydrogens (tertiary/aromatic N) is 3. The molecule has 6 heteroatoms. The van der Waals surface area contributed by atoms with Gasteiger partial charge < -0.3 is 14.4 Å². The molecule has 0 saturated carbocycles. The Morgan fingerprint density at radius 3 is 3.07 bits per heavy atom. The maximum Gasteiger partial charge on any atom is 0.259 e. The molecule has 1 amide bonds. The average molecular weight is 367 g/mol. The van der Waals surface area contributed by atoms with Crippen LogP contribution in [0.2, 0.25) is 0 Å². The van der Waals surface area contributed by atoms with Crippen LogP contribution in [0.1, 0.15) is 46.4 Å². The Bertz CT molecular complexity index is 810. The molecule has 2 aliphatic rings. The van der Waals surface area contributed by atoms with E-state index < -0.39 is 0 Å². The van der Waals surface area contributed by atoms with E-state index in [-0.39, 0.29) is 12.0 Å². The number of hydrogen-bond acceptors (Lipinski definition) is 5. The van der Waals surface area contributed by atoms with Gasteiger partial charge >= 0.3 is 0 Å². The lowest BCUT2D eigenvalue weighted by Gasteiger charge is -2.33. The molecule has 1 atom stereocenters. The van der Waals surface area contributed by atoms with Crippen LogP contribution in [-0.4, -0.2) is 47.1 Å². The number of hydrogen-bond donors (Lipinski definition) is 0. The predicted octanol–water partition coefficient (Wildman–Crippen LogP) is 2.80. The summed E-state index contributed by atoms with van der Waals surface area (Å²) in [6.45, 7) is 1.86. The molecule has 0 N–H and O–H groups in total. The summed E-state index contributed by atoms with van der Waals surface area (Å²) < 4.78 is 11.5. The number of methoxy groups -OCH3 is 1. The average Bonchev–Trinajstić information content (AvgIpc) is 3.19. The van der Waals surface area contributed by atoms with Gasteiger partial charge in [-0.2, -0.15) is 0 Å². The van der Waals surface area contributed by atoms with Crippen LogP contribution in [0.25, 0.3) is 0 Å². The van der Waals surface area contributed by atoms with Gasteiger partial charge in [0.1, 0.15) is 5.56 Å². The summed E-state index contributed by atoms with van der Waals surface area (Å²) in [5.41, 5.74) is 3.87. The Morgan fingerprint density at radius 1 is 1.33 bits per heavy atom. The Hall–Kier alpha value is -2.47. The smallest absolute Gasteiger partial charge is 0.259 e. The second-order valence-electron chi connectivity index (χ2n) is 7.19. The van der Waals surface area contributed by atoms with E-state index in [4.69, 9.17) is 9.47 Å². The number of rotatable bonds is 5. The van der Waals surface area contributed by atoms with Crippen molar-refractivity contribution in [3.05, 3.63) is 53.0 Å². The lowest BCUT2D eigenvalue weighted by molar-refractivity contribution is -0.00691. The zero-order valence-electron chi connectivity index (χ0n) is 15.7. The number of ether oxygens (including phenoxy) is 2. The van der Waals surface area contributed by atoms with Gasteiger partial charge in [0.25, 0.3) is 5.91 Å². The van der Waals surface area contributed by atoms with Crippen LogP contribution in [0, 0.1) is 0 Å². The highest BCUT2D eigenvalue weighted by Gasteiger charge is 2.29. The van der Waals surface area contributed by atoms with Crippen molar-refractivity contribution in [2.45, 2.75) is 44.8 Å². The molecule has 0 radical (unpaired) electrons. The molecular formula is C21H25N3O3. The molecule has 4 rings (SSSR count). The molecule has 1 aliphatic carbocycles. The van der Waals surface area contributed by atoms with Crippen LogP contribution in [0.5, 0.6) is 5.88 Å². The molecule has 0 bridgehead atoms. The number of piperidine rings is 1. The lowest BCUT2D eigenvalue weighted by Crippen LogP contribution is -2.43. The van der Waals surface area contributed by atoms with E-state index in [1.807, 2.05) is 29.3 Å². The fourth-order valence-electron chi connectivity index (χ4n) is 3.89. The van der Waals surface area contributed by atoms with E-state index in [0.29, 0.717) is 24.6 Å². The number of likely N-dealkylation sites (tertiary alicyclic amines) is 1. The van der Waals surface area contributed by atoms with Gasteiger partial charge in [-0.1, -0.05) is 6.07 Å². The van der Waals surface area contributed by atoms with Gasteiger partial charge in [0.2, 0.25) is 5.88 Å². The highest BCUT2D eigenvalue weighted by atomic mass is 16.5. The number of aromatic nitrogens is 2. The monoisotopic (exact) mass is 367 g/mol. The topological polar surface area (TPSA) is 64.5 Å². The number of pyridine rings is 2. The fraction of sp³-hybridized carbons (Fsp3) is 0.476. The summed E-state index contributed by atoms with van der Waals surface area (Å²) >= 11 is 0. The normalized spacial score (nSPS) is 19.0. The first kappa shape index (κ1) is 17.9. The molecule has 0 unspecified atom stereocenters. The minimum Gasteiger partial charge on any atom is -0.480 e. The van der Waals surface area contributed by atoms with Gasteiger partial charge in [-0.25, -0.2) is 4.98 Å². The maximum atomic E-state index is 13.1. The second kappa shape index (κ2) is 8.05. The SMILES string of the molecule is COc1nc2c(cc1C(=O)N1CCC[C@H](OCc3cccnc3)C1)CCC2. The maximum absolute atomic E-state index is 13.1. The van der Waals surface area contributed by atoms with Crippen LogP contribution in [0.15, 0.2) is 30.6 Å². The number of aryl methyl sites for hydroxylation is 2. The van der Waals surface area contributed by atoms with Crippen LogP contribution in [0.4, 0.5) is 0 Å². The van der Waals surface area contributed by atoms with E-state index in [0.717, 1.165) is 49.9 Å². The Morgan fingerprint density at radius 2 is 2.26 bits per heavy atom. The zero-order chi connectivity index (χ0) is 18.6. The van der Waals surface area contributed by atoms with Gasteiger partial charge in [-0.3, -0.25) is 9.78 Å². The summed E-state index contributed by atoms with van der Waals surface area (Å²) in [5, 5.41) is 0. The first-order chi connectivity index (χ1) is 13.2. The Balaban J connectivity index is 1.44.